The molecule has 5 heteroatoms. The molecular formula is C13H19NO3S. The minimum Gasteiger partial charge on any atom is -0.393 e. The van der Waals surface area contributed by atoms with Gasteiger partial charge in [-0.2, -0.15) is 0 Å². The molecule has 0 saturated heterocycles. The van der Waals surface area contributed by atoms with Crippen LogP contribution in [0.4, 0.5) is 0 Å². The summed E-state index contributed by atoms with van der Waals surface area (Å²) in [7, 11) is -3.30. The molecule has 0 radical (unpaired) electrons. The average Bonchev–Trinajstić information content (AvgIpc) is 3.13. The van der Waals surface area contributed by atoms with E-state index in [1.807, 2.05) is 18.2 Å². The number of sulfonamides is 1. The molecule has 2 N–H and O–H groups in total. The topological polar surface area (TPSA) is 66.4 Å². The van der Waals surface area contributed by atoms with Crippen molar-refractivity contribution in [2.24, 2.45) is 5.92 Å². The second kappa shape index (κ2) is 5.82. The van der Waals surface area contributed by atoms with Crippen molar-refractivity contribution in [2.75, 3.05) is 6.54 Å². The van der Waals surface area contributed by atoms with Gasteiger partial charge in [0.25, 0.3) is 0 Å². The molecule has 1 aliphatic carbocycles. The predicted molar refractivity (Wildman–Crippen MR) is 70.4 cm³/mol. The van der Waals surface area contributed by atoms with Gasteiger partial charge in [0.1, 0.15) is 0 Å². The fraction of sp³-hybridized carbons (Fsp3) is 0.538. The second-order valence-corrected chi connectivity index (χ2v) is 6.64. The zero-order valence-electron chi connectivity index (χ0n) is 10.2. The first-order valence-electron chi connectivity index (χ1n) is 6.26. The average molecular weight is 269 g/mol. The van der Waals surface area contributed by atoms with Gasteiger partial charge in [0.15, 0.2) is 0 Å². The van der Waals surface area contributed by atoms with Crippen LogP contribution in [0.15, 0.2) is 30.3 Å². The van der Waals surface area contributed by atoms with Crippen molar-refractivity contribution in [3.8, 4) is 0 Å². The largest absolute Gasteiger partial charge is 0.393 e. The molecule has 0 aliphatic heterocycles. The summed E-state index contributed by atoms with van der Waals surface area (Å²) >= 11 is 0. The molecule has 0 amide bonds. The van der Waals surface area contributed by atoms with Gasteiger partial charge in [-0.05, 0) is 30.7 Å². The number of aliphatic hydroxyl groups is 1. The van der Waals surface area contributed by atoms with Gasteiger partial charge < -0.3 is 5.11 Å². The summed E-state index contributed by atoms with van der Waals surface area (Å²) in [6.07, 6.45) is 2.28. The van der Waals surface area contributed by atoms with Crippen LogP contribution in [0.1, 0.15) is 24.8 Å². The Bertz CT molecular complexity index is 468. The lowest BCUT2D eigenvalue weighted by Crippen LogP contribution is -2.28. The predicted octanol–water partition coefficient (Wildman–Crippen LogP) is 1.27. The standard InChI is InChI=1S/C13H19NO3S/c15-13(12-6-7-12)8-9-14-18(16,17)10-11-4-2-1-3-5-11/h1-5,12-15H,6-10H2/t13-/m0/s1. The lowest BCUT2D eigenvalue weighted by atomic mass is 10.2. The number of rotatable bonds is 7. The van der Waals surface area contributed by atoms with E-state index in [0.29, 0.717) is 18.9 Å². The Morgan fingerprint density at radius 2 is 1.94 bits per heavy atom. The van der Waals surface area contributed by atoms with Gasteiger partial charge in [0.05, 0.1) is 11.9 Å². The fourth-order valence-electron chi connectivity index (χ4n) is 1.92. The van der Waals surface area contributed by atoms with Crippen LogP contribution in [0.2, 0.25) is 0 Å². The van der Waals surface area contributed by atoms with Crippen LogP contribution < -0.4 is 4.72 Å². The summed E-state index contributed by atoms with van der Waals surface area (Å²) in [6, 6.07) is 9.08. The smallest absolute Gasteiger partial charge is 0.215 e. The quantitative estimate of drug-likeness (QED) is 0.783. The van der Waals surface area contributed by atoms with Gasteiger partial charge >= 0.3 is 0 Å². The number of benzene rings is 1. The minimum atomic E-state index is -3.30. The van der Waals surface area contributed by atoms with Crippen LogP contribution in [0.5, 0.6) is 0 Å². The van der Waals surface area contributed by atoms with Crippen LogP contribution in [0, 0.1) is 5.92 Å². The van der Waals surface area contributed by atoms with Crippen LogP contribution in [0.3, 0.4) is 0 Å². The van der Waals surface area contributed by atoms with Gasteiger partial charge in [-0.25, -0.2) is 13.1 Å². The van der Waals surface area contributed by atoms with Crippen molar-refractivity contribution in [1.29, 1.82) is 0 Å². The summed E-state index contributed by atoms with van der Waals surface area (Å²) in [6.45, 7) is 0.312. The Morgan fingerprint density at radius 3 is 2.56 bits per heavy atom. The van der Waals surface area contributed by atoms with Gasteiger partial charge in [-0.3, -0.25) is 0 Å². The van der Waals surface area contributed by atoms with Gasteiger partial charge in [-0.15, -0.1) is 0 Å². The second-order valence-electron chi connectivity index (χ2n) is 4.83. The van der Waals surface area contributed by atoms with Crippen LogP contribution in [0.25, 0.3) is 0 Å². The maximum Gasteiger partial charge on any atom is 0.215 e. The molecule has 1 atom stereocenters. The Kier molecular flexibility index (Phi) is 4.37. The SMILES string of the molecule is O=S(=O)(Cc1ccccc1)NCC[C@H](O)C1CC1. The number of aliphatic hydroxyl groups excluding tert-OH is 1. The Morgan fingerprint density at radius 1 is 1.28 bits per heavy atom. The molecule has 0 bridgehead atoms. The van der Waals surface area contributed by atoms with Crippen molar-refractivity contribution in [1.82, 2.24) is 4.72 Å². The van der Waals surface area contributed by atoms with Crippen LogP contribution >= 0.6 is 0 Å². The van der Waals surface area contributed by atoms with E-state index in [1.54, 1.807) is 12.1 Å². The summed E-state index contributed by atoms with van der Waals surface area (Å²) in [4.78, 5) is 0. The maximum absolute atomic E-state index is 11.8. The van der Waals surface area contributed by atoms with Crippen LogP contribution in [-0.4, -0.2) is 26.2 Å². The number of nitrogens with one attached hydrogen (secondary N) is 1. The molecule has 0 unspecified atom stereocenters. The van der Waals surface area contributed by atoms with Crippen molar-refractivity contribution < 1.29 is 13.5 Å². The normalized spacial score (nSPS) is 17.6. The molecule has 1 aromatic rings. The van der Waals surface area contributed by atoms with Gasteiger partial charge in [0, 0.05) is 6.54 Å². The number of hydrogen-bond acceptors (Lipinski definition) is 3. The zero-order valence-corrected chi connectivity index (χ0v) is 11.1. The monoisotopic (exact) mass is 269 g/mol. The Hall–Kier alpha value is -0.910. The van der Waals surface area contributed by atoms with E-state index in [1.165, 1.54) is 0 Å². The summed E-state index contributed by atoms with van der Waals surface area (Å²) in [5.74, 6) is 0.386. The van der Waals surface area contributed by atoms with Crippen molar-refractivity contribution in [3.63, 3.8) is 0 Å². The van der Waals surface area contributed by atoms with Crippen molar-refractivity contribution >= 4 is 10.0 Å². The molecule has 1 aliphatic rings. The Labute approximate surface area is 108 Å². The van der Waals surface area contributed by atoms with E-state index in [2.05, 4.69) is 4.72 Å². The Balaban J connectivity index is 1.76. The summed E-state index contributed by atoms with van der Waals surface area (Å²) in [5, 5.41) is 9.64. The third kappa shape index (κ3) is 4.40. The van der Waals surface area contributed by atoms with E-state index >= 15 is 0 Å². The van der Waals surface area contributed by atoms with E-state index in [-0.39, 0.29) is 11.9 Å². The molecule has 2 rings (SSSR count). The molecule has 0 aromatic heterocycles. The molecular weight excluding hydrogens is 250 g/mol. The molecule has 1 saturated carbocycles. The number of hydrogen-bond donors (Lipinski definition) is 2. The molecule has 18 heavy (non-hydrogen) atoms. The van der Waals surface area contributed by atoms with E-state index < -0.39 is 10.0 Å². The fourth-order valence-corrected chi connectivity index (χ4v) is 3.09. The van der Waals surface area contributed by atoms with Crippen molar-refractivity contribution in [3.05, 3.63) is 35.9 Å². The highest BCUT2D eigenvalue weighted by atomic mass is 32.2. The highest BCUT2D eigenvalue weighted by Crippen LogP contribution is 2.33. The molecule has 100 valence electrons. The van der Waals surface area contributed by atoms with E-state index in [0.717, 1.165) is 18.4 Å². The molecule has 1 aromatic carbocycles. The first-order chi connectivity index (χ1) is 8.57. The molecule has 0 spiro atoms. The first kappa shape index (κ1) is 13.5. The lowest BCUT2D eigenvalue weighted by molar-refractivity contribution is 0.143. The van der Waals surface area contributed by atoms with Gasteiger partial charge in [0.2, 0.25) is 10.0 Å². The summed E-state index contributed by atoms with van der Waals surface area (Å²) < 4.78 is 26.1. The van der Waals surface area contributed by atoms with Crippen molar-refractivity contribution in [2.45, 2.75) is 31.1 Å². The zero-order chi connectivity index (χ0) is 13.0. The highest BCUT2D eigenvalue weighted by Gasteiger charge is 2.29. The third-order valence-corrected chi connectivity index (χ3v) is 4.49. The summed E-state index contributed by atoms with van der Waals surface area (Å²) in [5.41, 5.74) is 0.771. The molecule has 0 heterocycles. The third-order valence-electron chi connectivity index (χ3n) is 3.13. The lowest BCUT2D eigenvalue weighted by Gasteiger charge is -2.10. The van der Waals surface area contributed by atoms with Gasteiger partial charge in [-0.1, -0.05) is 30.3 Å². The maximum atomic E-state index is 11.8. The first-order valence-corrected chi connectivity index (χ1v) is 7.91. The highest BCUT2D eigenvalue weighted by molar-refractivity contribution is 7.88. The molecule has 4 nitrogen and oxygen atoms in total. The van der Waals surface area contributed by atoms with E-state index in [4.69, 9.17) is 0 Å². The van der Waals surface area contributed by atoms with E-state index in [9.17, 15) is 13.5 Å². The minimum absolute atomic E-state index is 0.00658. The molecule has 1 fully saturated rings. The van der Waals surface area contributed by atoms with Crippen LogP contribution in [-0.2, 0) is 15.8 Å².